The van der Waals surface area contributed by atoms with Crippen LogP contribution in [0.15, 0.2) is 18.2 Å². The molecule has 1 aromatic carbocycles. The van der Waals surface area contributed by atoms with Crippen LogP contribution in [0.3, 0.4) is 0 Å². The summed E-state index contributed by atoms with van der Waals surface area (Å²) in [7, 11) is 0. The maximum atomic E-state index is 11.6. The van der Waals surface area contributed by atoms with Crippen LogP contribution in [0.2, 0.25) is 10.0 Å². The normalized spacial score (nSPS) is 13.2. The van der Waals surface area contributed by atoms with Gasteiger partial charge in [0, 0.05) is 12.5 Å². The zero-order valence-electron chi connectivity index (χ0n) is 11.4. The molecule has 2 N–H and O–H groups in total. The minimum atomic E-state index is -0.468. The number of hydrogen-bond acceptors (Lipinski definition) is 3. The molecule has 0 aliphatic carbocycles. The molecule has 0 aromatic heterocycles. The molecule has 0 aliphatic rings. The summed E-state index contributed by atoms with van der Waals surface area (Å²) in [6, 6.07) is 4.98. The lowest BCUT2D eigenvalue weighted by Gasteiger charge is -2.20. The smallest absolute Gasteiger partial charge is 0.306 e. The summed E-state index contributed by atoms with van der Waals surface area (Å²) >= 11 is 11.8. The standard InChI is InChI=1S/C14H19Cl2NO2/c1-14(2,3)19-13(18)7-6-12(17)9-4-5-10(15)11(16)8-9/h4-5,8,12H,6-7,17H2,1-3H3. The number of esters is 1. The Labute approximate surface area is 124 Å². The number of benzene rings is 1. The van der Waals surface area contributed by atoms with E-state index in [2.05, 4.69) is 0 Å². The molecular weight excluding hydrogens is 285 g/mol. The fourth-order valence-electron chi connectivity index (χ4n) is 1.58. The highest BCUT2D eigenvalue weighted by Gasteiger charge is 2.17. The van der Waals surface area contributed by atoms with E-state index >= 15 is 0 Å². The van der Waals surface area contributed by atoms with Gasteiger partial charge in [-0.05, 0) is 44.9 Å². The summed E-state index contributed by atoms with van der Waals surface area (Å²) in [5.41, 5.74) is 6.41. The highest BCUT2D eigenvalue weighted by molar-refractivity contribution is 6.42. The van der Waals surface area contributed by atoms with Crippen molar-refractivity contribution in [2.75, 3.05) is 0 Å². The highest BCUT2D eigenvalue weighted by atomic mass is 35.5. The molecule has 0 saturated carbocycles. The van der Waals surface area contributed by atoms with Gasteiger partial charge in [0.05, 0.1) is 10.0 Å². The number of carbonyl (C=O) groups is 1. The molecule has 0 heterocycles. The van der Waals surface area contributed by atoms with Crippen LogP contribution < -0.4 is 5.73 Å². The van der Waals surface area contributed by atoms with E-state index in [0.29, 0.717) is 16.5 Å². The molecule has 1 rings (SSSR count). The summed E-state index contributed by atoms with van der Waals surface area (Å²) in [5.74, 6) is -0.247. The first-order valence-electron chi connectivity index (χ1n) is 6.11. The molecule has 0 fully saturated rings. The van der Waals surface area contributed by atoms with Crippen molar-refractivity contribution < 1.29 is 9.53 Å². The average Bonchev–Trinajstić information content (AvgIpc) is 2.27. The van der Waals surface area contributed by atoms with E-state index in [-0.39, 0.29) is 18.4 Å². The molecule has 0 aliphatic heterocycles. The van der Waals surface area contributed by atoms with Gasteiger partial charge >= 0.3 is 5.97 Å². The van der Waals surface area contributed by atoms with E-state index in [0.717, 1.165) is 5.56 Å². The Hall–Kier alpha value is -0.770. The third-order valence-corrected chi connectivity index (χ3v) is 3.19. The average molecular weight is 304 g/mol. The van der Waals surface area contributed by atoms with Crippen LogP contribution in [0.4, 0.5) is 0 Å². The van der Waals surface area contributed by atoms with Crippen molar-refractivity contribution in [3.8, 4) is 0 Å². The third kappa shape index (κ3) is 5.81. The van der Waals surface area contributed by atoms with E-state index in [1.807, 2.05) is 26.8 Å². The summed E-state index contributed by atoms with van der Waals surface area (Å²) in [6.45, 7) is 5.51. The molecule has 0 amide bonds. The van der Waals surface area contributed by atoms with Crippen molar-refractivity contribution in [3.05, 3.63) is 33.8 Å². The lowest BCUT2D eigenvalue weighted by atomic mass is 10.0. The van der Waals surface area contributed by atoms with Gasteiger partial charge in [0.2, 0.25) is 0 Å². The van der Waals surface area contributed by atoms with Gasteiger partial charge in [0.15, 0.2) is 0 Å². The van der Waals surface area contributed by atoms with Gasteiger partial charge in [0.1, 0.15) is 5.60 Å². The number of ether oxygens (including phenoxy) is 1. The Kier molecular flexibility index (Phi) is 5.65. The van der Waals surface area contributed by atoms with E-state index in [4.69, 9.17) is 33.7 Å². The van der Waals surface area contributed by atoms with Crippen LogP contribution in [-0.2, 0) is 9.53 Å². The lowest BCUT2D eigenvalue weighted by Crippen LogP contribution is -2.24. The maximum absolute atomic E-state index is 11.6. The van der Waals surface area contributed by atoms with E-state index in [1.165, 1.54) is 0 Å². The second-order valence-corrected chi connectivity index (χ2v) is 6.22. The first-order chi connectivity index (χ1) is 8.69. The predicted octanol–water partition coefficient (Wildman–Crippen LogP) is 4.12. The molecule has 3 nitrogen and oxygen atoms in total. The monoisotopic (exact) mass is 303 g/mol. The molecule has 1 aromatic rings. The predicted molar refractivity (Wildman–Crippen MR) is 78.5 cm³/mol. The van der Waals surface area contributed by atoms with Crippen LogP contribution >= 0.6 is 23.2 Å². The van der Waals surface area contributed by atoms with Crippen LogP contribution in [0, 0.1) is 0 Å². The highest BCUT2D eigenvalue weighted by Crippen LogP contribution is 2.26. The fourth-order valence-corrected chi connectivity index (χ4v) is 1.88. The number of rotatable bonds is 4. The largest absolute Gasteiger partial charge is 0.460 e. The van der Waals surface area contributed by atoms with Crippen molar-refractivity contribution in [2.45, 2.75) is 45.3 Å². The van der Waals surface area contributed by atoms with Crippen molar-refractivity contribution in [1.82, 2.24) is 0 Å². The Balaban J connectivity index is 2.53. The Morgan fingerprint density at radius 3 is 2.47 bits per heavy atom. The van der Waals surface area contributed by atoms with Crippen LogP contribution in [0.5, 0.6) is 0 Å². The van der Waals surface area contributed by atoms with Gasteiger partial charge < -0.3 is 10.5 Å². The SMILES string of the molecule is CC(C)(C)OC(=O)CCC(N)c1ccc(Cl)c(Cl)c1. The second kappa shape index (κ2) is 6.60. The van der Waals surface area contributed by atoms with Crippen LogP contribution in [0.1, 0.15) is 45.2 Å². The molecule has 0 bridgehead atoms. The molecule has 0 radical (unpaired) electrons. The number of hydrogen-bond donors (Lipinski definition) is 1. The van der Waals surface area contributed by atoms with Gasteiger partial charge in [-0.1, -0.05) is 29.3 Å². The molecule has 106 valence electrons. The molecule has 1 unspecified atom stereocenters. The zero-order valence-corrected chi connectivity index (χ0v) is 12.9. The second-order valence-electron chi connectivity index (χ2n) is 5.41. The van der Waals surface area contributed by atoms with Crippen LogP contribution in [0.25, 0.3) is 0 Å². The minimum Gasteiger partial charge on any atom is -0.460 e. The van der Waals surface area contributed by atoms with E-state index < -0.39 is 5.60 Å². The molecule has 0 spiro atoms. The zero-order chi connectivity index (χ0) is 14.6. The first kappa shape index (κ1) is 16.3. The van der Waals surface area contributed by atoms with Gasteiger partial charge in [-0.2, -0.15) is 0 Å². The summed E-state index contributed by atoms with van der Waals surface area (Å²) < 4.78 is 5.23. The minimum absolute atomic E-state index is 0.247. The summed E-state index contributed by atoms with van der Waals surface area (Å²) in [6.07, 6.45) is 0.783. The number of nitrogens with two attached hydrogens (primary N) is 1. The van der Waals surface area contributed by atoms with E-state index in [9.17, 15) is 4.79 Å². The number of halogens is 2. The molecule has 5 heteroatoms. The van der Waals surface area contributed by atoms with Gasteiger partial charge in [-0.25, -0.2) is 0 Å². The lowest BCUT2D eigenvalue weighted by molar-refractivity contribution is -0.155. The van der Waals surface area contributed by atoms with Crippen molar-refractivity contribution >= 4 is 29.2 Å². The molecule has 0 saturated heterocycles. The van der Waals surface area contributed by atoms with Gasteiger partial charge in [-0.15, -0.1) is 0 Å². The summed E-state index contributed by atoms with van der Waals surface area (Å²) in [5, 5.41) is 0.955. The molecule has 1 atom stereocenters. The quantitative estimate of drug-likeness (QED) is 0.851. The van der Waals surface area contributed by atoms with Crippen molar-refractivity contribution in [3.63, 3.8) is 0 Å². The molecular formula is C14H19Cl2NO2. The number of carbonyl (C=O) groups excluding carboxylic acids is 1. The Morgan fingerprint density at radius 2 is 1.95 bits per heavy atom. The van der Waals surface area contributed by atoms with Gasteiger partial charge in [-0.3, -0.25) is 4.79 Å². The first-order valence-corrected chi connectivity index (χ1v) is 6.87. The van der Waals surface area contributed by atoms with Gasteiger partial charge in [0.25, 0.3) is 0 Å². The third-order valence-electron chi connectivity index (χ3n) is 2.45. The Bertz CT molecular complexity index is 455. The van der Waals surface area contributed by atoms with Crippen molar-refractivity contribution in [1.29, 1.82) is 0 Å². The summed E-state index contributed by atoms with van der Waals surface area (Å²) in [4.78, 5) is 11.6. The van der Waals surface area contributed by atoms with E-state index in [1.54, 1.807) is 12.1 Å². The van der Waals surface area contributed by atoms with Crippen molar-refractivity contribution in [2.24, 2.45) is 5.73 Å². The van der Waals surface area contributed by atoms with Crippen LogP contribution in [-0.4, -0.2) is 11.6 Å². The topological polar surface area (TPSA) is 52.3 Å². The Morgan fingerprint density at radius 1 is 1.32 bits per heavy atom. The maximum Gasteiger partial charge on any atom is 0.306 e. The fraction of sp³-hybridized carbons (Fsp3) is 0.500. The molecule has 19 heavy (non-hydrogen) atoms.